The van der Waals surface area contributed by atoms with Crippen LogP contribution in [0.4, 0.5) is 0 Å². The van der Waals surface area contributed by atoms with Crippen LogP contribution in [0.15, 0.2) is 0 Å². The number of carbonyl (C=O) groups excluding carboxylic acids is 3. The number of ketones is 1. The molecular formula is C11H17NO4. The van der Waals surface area contributed by atoms with Crippen molar-refractivity contribution in [3.63, 3.8) is 0 Å². The van der Waals surface area contributed by atoms with Crippen LogP contribution in [0.5, 0.6) is 0 Å². The summed E-state index contributed by atoms with van der Waals surface area (Å²) < 4.78 is 4.41. The molecule has 5 heteroatoms. The van der Waals surface area contributed by atoms with Crippen molar-refractivity contribution in [1.82, 2.24) is 4.90 Å². The molecule has 0 radical (unpaired) electrons. The van der Waals surface area contributed by atoms with Crippen LogP contribution in [0.2, 0.25) is 0 Å². The van der Waals surface area contributed by atoms with E-state index in [4.69, 9.17) is 0 Å². The molecule has 1 amide bonds. The standard InChI is InChI=1S/C11H17NO4/c1-16-10(14)6-5-9(13)11(15)12-7-3-2-4-8-12/h2-8H2,1H3. The first-order chi connectivity index (χ1) is 7.65. The second kappa shape index (κ2) is 6.25. The molecule has 16 heavy (non-hydrogen) atoms. The van der Waals surface area contributed by atoms with Crippen LogP contribution in [0.25, 0.3) is 0 Å². The number of hydrogen-bond acceptors (Lipinski definition) is 4. The number of nitrogens with zero attached hydrogens (tertiary/aromatic N) is 1. The van der Waals surface area contributed by atoms with Gasteiger partial charge in [-0.25, -0.2) is 0 Å². The first-order valence-corrected chi connectivity index (χ1v) is 5.54. The molecule has 0 aromatic carbocycles. The molecule has 0 aromatic heterocycles. The van der Waals surface area contributed by atoms with Gasteiger partial charge in [-0.1, -0.05) is 0 Å². The molecule has 5 nitrogen and oxygen atoms in total. The molecule has 1 aliphatic rings. The van der Waals surface area contributed by atoms with Gasteiger partial charge in [-0.2, -0.15) is 0 Å². The van der Waals surface area contributed by atoms with E-state index >= 15 is 0 Å². The fourth-order valence-corrected chi connectivity index (χ4v) is 1.70. The quantitative estimate of drug-likeness (QED) is 0.519. The van der Waals surface area contributed by atoms with Crippen molar-refractivity contribution in [3.8, 4) is 0 Å². The van der Waals surface area contributed by atoms with Crippen LogP contribution in [0.3, 0.4) is 0 Å². The van der Waals surface area contributed by atoms with E-state index in [1.54, 1.807) is 4.90 Å². The lowest BCUT2D eigenvalue weighted by Gasteiger charge is -2.25. The summed E-state index contributed by atoms with van der Waals surface area (Å²) in [5.74, 6) is -1.41. The predicted molar refractivity (Wildman–Crippen MR) is 56.7 cm³/mol. The van der Waals surface area contributed by atoms with Crippen molar-refractivity contribution < 1.29 is 19.1 Å². The molecule has 90 valence electrons. The van der Waals surface area contributed by atoms with Gasteiger partial charge in [0.1, 0.15) is 0 Å². The fourth-order valence-electron chi connectivity index (χ4n) is 1.70. The zero-order chi connectivity index (χ0) is 12.0. The molecule has 0 spiro atoms. The number of rotatable bonds is 4. The van der Waals surface area contributed by atoms with Gasteiger partial charge < -0.3 is 9.64 Å². The normalized spacial score (nSPS) is 15.7. The van der Waals surface area contributed by atoms with Crippen LogP contribution in [-0.4, -0.2) is 42.8 Å². The monoisotopic (exact) mass is 227 g/mol. The summed E-state index contributed by atoms with van der Waals surface area (Å²) >= 11 is 0. The predicted octanol–water partition coefficient (Wildman–Crippen LogP) is 0.521. The van der Waals surface area contributed by atoms with E-state index in [2.05, 4.69) is 4.74 Å². The highest BCUT2D eigenvalue weighted by Gasteiger charge is 2.23. The van der Waals surface area contributed by atoms with Gasteiger partial charge in [-0.05, 0) is 19.3 Å². The molecule has 0 unspecified atom stereocenters. The number of ether oxygens (including phenoxy) is 1. The van der Waals surface area contributed by atoms with Gasteiger partial charge >= 0.3 is 5.97 Å². The largest absolute Gasteiger partial charge is 0.469 e. The molecule has 0 atom stereocenters. The van der Waals surface area contributed by atoms with Gasteiger partial charge in [-0.15, -0.1) is 0 Å². The van der Waals surface area contributed by atoms with Crippen LogP contribution in [-0.2, 0) is 19.1 Å². The molecule has 1 rings (SSSR count). The topological polar surface area (TPSA) is 63.7 Å². The molecule has 0 saturated carbocycles. The smallest absolute Gasteiger partial charge is 0.305 e. The van der Waals surface area contributed by atoms with Crippen LogP contribution in [0, 0.1) is 0 Å². The number of likely N-dealkylation sites (tertiary alicyclic amines) is 1. The van der Waals surface area contributed by atoms with Gasteiger partial charge in [-0.3, -0.25) is 14.4 Å². The van der Waals surface area contributed by atoms with Gasteiger partial charge in [0.2, 0.25) is 5.78 Å². The van der Waals surface area contributed by atoms with E-state index in [1.807, 2.05) is 0 Å². The second-order valence-electron chi connectivity index (χ2n) is 3.85. The molecule has 0 N–H and O–H groups in total. The van der Waals surface area contributed by atoms with Gasteiger partial charge in [0, 0.05) is 19.5 Å². The minimum atomic E-state index is -0.493. The van der Waals surface area contributed by atoms with Crippen molar-refractivity contribution in [2.24, 2.45) is 0 Å². The average molecular weight is 227 g/mol. The second-order valence-corrected chi connectivity index (χ2v) is 3.85. The van der Waals surface area contributed by atoms with Crippen molar-refractivity contribution >= 4 is 17.7 Å². The lowest BCUT2D eigenvalue weighted by atomic mass is 10.1. The lowest BCUT2D eigenvalue weighted by Crippen LogP contribution is -2.40. The Balaban J connectivity index is 2.35. The SMILES string of the molecule is COC(=O)CCC(=O)C(=O)N1CCCCC1. The van der Waals surface area contributed by atoms with Crippen molar-refractivity contribution in [2.75, 3.05) is 20.2 Å². The molecule has 0 bridgehead atoms. The number of carbonyl (C=O) groups is 3. The Bertz CT molecular complexity index is 282. The van der Waals surface area contributed by atoms with Crippen molar-refractivity contribution in [3.05, 3.63) is 0 Å². The minimum absolute atomic E-state index is 0.0189. The third-order valence-electron chi connectivity index (χ3n) is 2.67. The van der Waals surface area contributed by atoms with E-state index in [0.717, 1.165) is 19.3 Å². The Labute approximate surface area is 94.7 Å². The fraction of sp³-hybridized carbons (Fsp3) is 0.727. The molecule has 1 heterocycles. The summed E-state index contributed by atoms with van der Waals surface area (Å²) in [5.41, 5.74) is 0. The van der Waals surface area contributed by atoms with E-state index in [9.17, 15) is 14.4 Å². The zero-order valence-electron chi connectivity index (χ0n) is 9.53. The summed E-state index contributed by atoms with van der Waals surface area (Å²) in [6.45, 7) is 1.31. The number of hydrogen-bond donors (Lipinski definition) is 0. The number of methoxy groups -OCH3 is 1. The van der Waals surface area contributed by atoms with E-state index < -0.39 is 17.7 Å². The maximum absolute atomic E-state index is 11.6. The molecule has 1 aliphatic heterocycles. The van der Waals surface area contributed by atoms with Gasteiger partial charge in [0.15, 0.2) is 0 Å². The Kier molecular flexibility index (Phi) is 4.95. The lowest BCUT2D eigenvalue weighted by molar-refractivity contribution is -0.147. The molecule has 0 aliphatic carbocycles. The highest BCUT2D eigenvalue weighted by atomic mass is 16.5. The van der Waals surface area contributed by atoms with Crippen molar-refractivity contribution in [1.29, 1.82) is 0 Å². The Morgan fingerprint density at radius 3 is 2.25 bits per heavy atom. The van der Waals surface area contributed by atoms with E-state index in [0.29, 0.717) is 13.1 Å². The first kappa shape index (κ1) is 12.7. The van der Waals surface area contributed by atoms with Crippen LogP contribution >= 0.6 is 0 Å². The maximum atomic E-state index is 11.6. The summed E-state index contributed by atoms with van der Waals surface area (Å²) in [7, 11) is 1.26. The van der Waals surface area contributed by atoms with Crippen molar-refractivity contribution in [2.45, 2.75) is 32.1 Å². The Hall–Kier alpha value is -1.39. The average Bonchev–Trinajstić information content (AvgIpc) is 2.35. The molecular weight excluding hydrogens is 210 g/mol. The Morgan fingerprint density at radius 2 is 1.69 bits per heavy atom. The number of piperidine rings is 1. The van der Waals surface area contributed by atoms with Crippen LogP contribution < -0.4 is 0 Å². The number of Topliss-reactive ketones (excluding diaryl/α,β-unsaturated/α-hetero) is 1. The van der Waals surface area contributed by atoms with Crippen LogP contribution in [0.1, 0.15) is 32.1 Å². The molecule has 0 aromatic rings. The van der Waals surface area contributed by atoms with Gasteiger partial charge in [0.05, 0.1) is 13.5 Å². The first-order valence-electron chi connectivity index (χ1n) is 5.54. The van der Waals surface area contributed by atoms with E-state index in [1.165, 1.54) is 7.11 Å². The van der Waals surface area contributed by atoms with Gasteiger partial charge in [0.25, 0.3) is 5.91 Å². The summed E-state index contributed by atoms with van der Waals surface area (Å²) in [6, 6.07) is 0. The number of esters is 1. The Morgan fingerprint density at radius 1 is 1.06 bits per heavy atom. The maximum Gasteiger partial charge on any atom is 0.305 e. The third-order valence-corrected chi connectivity index (χ3v) is 2.67. The summed E-state index contributed by atoms with van der Waals surface area (Å²) in [4.78, 5) is 35.5. The highest BCUT2D eigenvalue weighted by molar-refractivity contribution is 6.36. The summed E-state index contributed by atoms with van der Waals surface area (Å²) in [5, 5.41) is 0. The zero-order valence-corrected chi connectivity index (χ0v) is 9.53. The minimum Gasteiger partial charge on any atom is -0.469 e. The summed E-state index contributed by atoms with van der Waals surface area (Å²) in [6.07, 6.45) is 2.95. The molecule has 1 fully saturated rings. The third kappa shape index (κ3) is 3.64. The van der Waals surface area contributed by atoms with E-state index in [-0.39, 0.29) is 12.8 Å². The highest BCUT2D eigenvalue weighted by Crippen LogP contribution is 2.10. The number of amides is 1. The molecule has 1 saturated heterocycles.